The first-order chi connectivity index (χ1) is 13.7. The first-order valence-electron chi connectivity index (χ1n) is 10.0. The van der Waals surface area contributed by atoms with Gasteiger partial charge in [0.05, 0.1) is 0 Å². The third-order valence-corrected chi connectivity index (χ3v) is 5.38. The number of amides is 1. The smallest absolute Gasteiger partial charge is 0.268 e. The van der Waals surface area contributed by atoms with Crippen molar-refractivity contribution in [3.8, 4) is 5.75 Å². The van der Waals surface area contributed by atoms with E-state index in [9.17, 15) is 4.79 Å². The Hall–Kier alpha value is -2.50. The number of hydrogen-bond acceptors (Lipinski definition) is 3. The van der Waals surface area contributed by atoms with Gasteiger partial charge in [0.15, 0.2) is 0 Å². The van der Waals surface area contributed by atoms with Gasteiger partial charge in [0, 0.05) is 17.4 Å². The van der Waals surface area contributed by atoms with E-state index in [1.807, 2.05) is 43.3 Å². The van der Waals surface area contributed by atoms with Crippen molar-refractivity contribution in [3.05, 3.63) is 65.4 Å². The Labute approximate surface area is 177 Å². The summed E-state index contributed by atoms with van der Waals surface area (Å²) < 4.78 is 6.29. The van der Waals surface area contributed by atoms with Crippen LogP contribution in [0.2, 0.25) is 0 Å². The van der Waals surface area contributed by atoms with Crippen molar-refractivity contribution < 1.29 is 9.53 Å². The maximum Gasteiger partial charge on any atom is 0.268 e. The van der Waals surface area contributed by atoms with Gasteiger partial charge >= 0.3 is 0 Å². The molecule has 0 unspecified atom stereocenters. The number of piperidine rings is 1. The highest BCUT2D eigenvalue weighted by Gasteiger charge is 2.20. The fourth-order valence-electron chi connectivity index (χ4n) is 3.85. The summed E-state index contributed by atoms with van der Waals surface area (Å²) in [7, 11) is 0. The van der Waals surface area contributed by atoms with E-state index in [2.05, 4.69) is 27.8 Å². The summed E-state index contributed by atoms with van der Waals surface area (Å²) in [5, 5.41) is 7.40. The molecule has 0 saturated carbocycles. The van der Waals surface area contributed by atoms with Gasteiger partial charge in [0.25, 0.3) is 5.91 Å². The molecule has 4 rings (SSSR count). The van der Waals surface area contributed by atoms with Gasteiger partial charge in [-0.3, -0.25) is 4.79 Å². The highest BCUT2D eigenvalue weighted by Crippen LogP contribution is 2.32. The summed E-state index contributed by atoms with van der Waals surface area (Å²) >= 11 is 0. The Bertz CT molecular complexity index is 949. The molecule has 6 heteroatoms. The minimum absolute atomic E-state index is 0. The number of aryl methyl sites for hydroxylation is 1. The molecule has 29 heavy (non-hydrogen) atoms. The predicted octanol–water partition coefficient (Wildman–Crippen LogP) is 4.00. The summed E-state index contributed by atoms with van der Waals surface area (Å²) in [6, 6.07) is 16.2. The van der Waals surface area contributed by atoms with Crippen LogP contribution in [0, 0.1) is 6.92 Å². The number of carbonyl (C=O) groups is 1. The van der Waals surface area contributed by atoms with Gasteiger partial charge in [-0.25, -0.2) is 0 Å². The van der Waals surface area contributed by atoms with Crippen LogP contribution in [-0.2, 0) is 6.42 Å². The van der Waals surface area contributed by atoms with E-state index in [0.29, 0.717) is 12.2 Å². The molecule has 0 spiro atoms. The van der Waals surface area contributed by atoms with Crippen LogP contribution in [0.4, 0.5) is 0 Å². The van der Waals surface area contributed by atoms with E-state index in [-0.39, 0.29) is 24.4 Å². The van der Waals surface area contributed by atoms with Crippen molar-refractivity contribution in [1.82, 2.24) is 15.6 Å². The lowest BCUT2D eigenvalue weighted by atomic mass is 10.1. The van der Waals surface area contributed by atoms with Crippen LogP contribution in [-0.4, -0.2) is 36.6 Å². The van der Waals surface area contributed by atoms with E-state index in [0.717, 1.165) is 54.6 Å². The van der Waals surface area contributed by atoms with Crippen LogP contribution in [0.1, 0.15) is 34.5 Å². The number of rotatable bonds is 6. The summed E-state index contributed by atoms with van der Waals surface area (Å²) in [6.07, 6.45) is 3.05. The lowest BCUT2D eigenvalue weighted by molar-refractivity contribution is 0.0949. The SMILES string of the molecule is Cc1c(C(=O)NCCc2ccccc2)[nH]c2cccc(OC3CCNCC3)c12.Cl. The number of hydrogen-bond donors (Lipinski definition) is 3. The number of carbonyl (C=O) groups excluding carboxylic acids is 1. The van der Waals surface area contributed by atoms with Gasteiger partial charge in [-0.2, -0.15) is 0 Å². The zero-order chi connectivity index (χ0) is 19.3. The number of H-pyrrole nitrogens is 1. The van der Waals surface area contributed by atoms with E-state index >= 15 is 0 Å². The van der Waals surface area contributed by atoms with Crippen molar-refractivity contribution in [2.24, 2.45) is 0 Å². The number of aromatic amines is 1. The quantitative estimate of drug-likeness (QED) is 0.572. The Morgan fingerprint density at radius 3 is 2.62 bits per heavy atom. The highest BCUT2D eigenvalue weighted by molar-refractivity contribution is 6.02. The van der Waals surface area contributed by atoms with Crippen LogP contribution >= 0.6 is 12.4 Å². The largest absolute Gasteiger partial charge is 0.490 e. The second-order valence-corrected chi connectivity index (χ2v) is 7.36. The molecule has 1 amide bonds. The number of halogens is 1. The number of fused-ring (bicyclic) bond motifs is 1. The number of aromatic nitrogens is 1. The average molecular weight is 414 g/mol. The number of ether oxygens (including phenoxy) is 1. The normalized spacial score (nSPS) is 14.4. The average Bonchev–Trinajstić information content (AvgIpc) is 3.07. The van der Waals surface area contributed by atoms with Crippen LogP contribution in [0.5, 0.6) is 5.75 Å². The van der Waals surface area contributed by atoms with Gasteiger partial charge in [-0.15, -0.1) is 12.4 Å². The standard InChI is InChI=1S/C23H27N3O2.ClH/c1-16-21-19(8-5-9-20(21)28-18-11-13-24-14-12-18)26-22(16)23(27)25-15-10-17-6-3-2-4-7-17;/h2-9,18,24,26H,10-15H2,1H3,(H,25,27);1H. The maximum absolute atomic E-state index is 12.7. The van der Waals surface area contributed by atoms with Crippen molar-refractivity contribution in [2.45, 2.75) is 32.3 Å². The lowest BCUT2D eigenvalue weighted by Gasteiger charge is -2.24. The van der Waals surface area contributed by atoms with Gasteiger partial charge in [-0.1, -0.05) is 36.4 Å². The van der Waals surface area contributed by atoms with Gasteiger partial charge in [-0.05, 0) is 62.5 Å². The zero-order valence-corrected chi connectivity index (χ0v) is 17.5. The van der Waals surface area contributed by atoms with Crippen molar-refractivity contribution in [2.75, 3.05) is 19.6 Å². The molecule has 154 valence electrons. The number of nitrogens with one attached hydrogen (secondary N) is 3. The molecule has 1 aromatic heterocycles. The summed E-state index contributed by atoms with van der Waals surface area (Å²) in [5.74, 6) is 0.791. The molecule has 1 fully saturated rings. The van der Waals surface area contributed by atoms with Gasteiger partial charge < -0.3 is 20.4 Å². The first kappa shape index (κ1) is 21.2. The van der Waals surface area contributed by atoms with Crippen molar-refractivity contribution >= 4 is 29.2 Å². The fourth-order valence-corrected chi connectivity index (χ4v) is 3.85. The van der Waals surface area contributed by atoms with Crippen LogP contribution < -0.4 is 15.4 Å². The summed E-state index contributed by atoms with van der Waals surface area (Å²) in [6.45, 7) is 4.57. The van der Waals surface area contributed by atoms with Crippen LogP contribution in [0.3, 0.4) is 0 Å². The molecule has 1 aliphatic rings. The fraction of sp³-hybridized carbons (Fsp3) is 0.348. The molecule has 0 aliphatic carbocycles. The Balaban J connectivity index is 0.00000240. The third kappa shape index (κ3) is 4.92. The van der Waals surface area contributed by atoms with Gasteiger partial charge in [0.1, 0.15) is 17.5 Å². The van der Waals surface area contributed by atoms with Crippen LogP contribution in [0.15, 0.2) is 48.5 Å². The Kier molecular flexibility index (Phi) is 7.18. The molecule has 5 nitrogen and oxygen atoms in total. The molecule has 3 N–H and O–H groups in total. The Morgan fingerprint density at radius 2 is 1.86 bits per heavy atom. The molecule has 0 radical (unpaired) electrons. The minimum Gasteiger partial charge on any atom is -0.490 e. The molecule has 3 aromatic rings. The van der Waals surface area contributed by atoms with E-state index in [1.165, 1.54) is 5.56 Å². The second kappa shape index (κ2) is 9.81. The van der Waals surface area contributed by atoms with Crippen LogP contribution in [0.25, 0.3) is 10.9 Å². The molecule has 2 aromatic carbocycles. The Morgan fingerprint density at radius 1 is 1.10 bits per heavy atom. The molecular weight excluding hydrogens is 386 g/mol. The van der Waals surface area contributed by atoms with Crippen molar-refractivity contribution in [3.63, 3.8) is 0 Å². The molecular formula is C23H28ClN3O2. The molecule has 2 heterocycles. The topological polar surface area (TPSA) is 66.2 Å². The lowest BCUT2D eigenvalue weighted by Crippen LogP contribution is -2.34. The molecule has 1 saturated heterocycles. The van der Waals surface area contributed by atoms with Gasteiger partial charge in [0.2, 0.25) is 0 Å². The minimum atomic E-state index is -0.0718. The second-order valence-electron chi connectivity index (χ2n) is 7.36. The van der Waals surface area contributed by atoms with Crippen molar-refractivity contribution in [1.29, 1.82) is 0 Å². The van der Waals surface area contributed by atoms with E-state index in [4.69, 9.17) is 4.74 Å². The maximum atomic E-state index is 12.7. The monoisotopic (exact) mass is 413 g/mol. The molecule has 0 atom stereocenters. The molecule has 0 bridgehead atoms. The summed E-state index contributed by atoms with van der Waals surface area (Å²) in [4.78, 5) is 16.0. The molecule has 1 aliphatic heterocycles. The third-order valence-electron chi connectivity index (χ3n) is 5.38. The van der Waals surface area contributed by atoms with E-state index < -0.39 is 0 Å². The summed E-state index contributed by atoms with van der Waals surface area (Å²) in [5.41, 5.74) is 3.71. The predicted molar refractivity (Wildman–Crippen MR) is 119 cm³/mol. The first-order valence-corrected chi connectivity index (χ1v) is 10.0. The number of benzene rings is 2. The highest BCUT2D eigenvalue weighted by atomic mass is 35.5. The van der Waals surface area contributed by atoms with E-state index in [1.54, 1.807) is 0 Å². The zero-order valence-electron chi connectivity index (χ0n) is 16.7.